The van der Waals surface area contributed by atoms with Crippen LogP contribution in [0.15, 0.2) is 117 Å². The summed E-state index contributed by atoms with van der Waals surface area (Å²) in [4.78, 5) is 14.1. The largest absolute Gasteiger partial charge is 0.501 e. The molecule has 0 saturated carbocycles. The van der Waals surface area contributed by atoms with Gasteiger partial charge in [-0.3, -0.25) is 4.79 Å². The van der Waals surface area contributed by atoms with E-state index in [9.17, 15) is 34.8 Å². The van der Waals surface area contributed by atoms with E-state index in [4.69, 9.17) is 16.3 Å². The van der Waals surface area contributed by atoms with Gasteiger partial charge in [0.05, 0.1) is 23.8 Å². The van der Waals surface area contributed by atoms with Gasteiger partial charge in [0.1, 0.15) is 4.90 Å². The zero-order valence-corrected chi connectivity index (χ0v) is 35.1. The van der Waals surface area contributed by atoms with Crippen LogP contribution in [0.3, 0.4) is 0 Å². The minimum Gasteiger partial charge on any atom is -0.384 e. The molecule has 2 aliphatic heterocycles. The molecule has 11 nitrogen and oxygen atoms in total. The Morgan fingerprint density at radius 1 is 0.915 bits per heavy atom. The maximum Gasteiger partial charge on any atom is 0.501 e. The molecular formula is C41H45ClF3N5O6S3. The molecule has 2 aliphatic rings. The number of carbonyl (C=O) groups excluding carboxylic acids is 1. The van der Waals surface area contributed by atoms with Crippen LogP contribution in [0, 0.1) is 0 Å². The van der Waals surface area contributed by atoms with Crippen LogP contribution in [-0.4, -0.2) is 97.4 Å². The van der Waals surface area contributed by atoms with Crippen LogP contribution in [-0.2, 0) is 24.6 Å². The molecule has 316 valence electrons. The Morgan fingerprint density at radius 3 is 2.32 bits per heavy atom. The summed E-state index contributed by atoms with van der Waals surface area (Å²) >= 11 is 7.51. The molecule has 0 radical (unpaired) electrons. The Kier molecular flexibility index (Phi) is 15.0. The van der Waals surface area contributed by atoms with Crippen molar-refractivity contribution in [3.63, 3.8) is 0 Å². The number of rotatable bonds is 19. The van der Waals surface area contributed by atoms with Crippen molar-refractivity contribution in [3.05, 3.63) is 119 Å². The van der Waals surface area contributed by atoms with Crippen molar-refractivity contribution in [3.8, 4) is 0 Å². The molecule has 6 rings (SSSR count). The Morgan fingerprint density at radius 2 is 1.64 bits per heavy atom. The number of hydrogen-bond acceptors (Lipinski definition) is 11. The summed E-state index contributed by atoms with van der Waals surface area (Å²) in [5.41, 5.74) is -2.00. The Bertz CT molecular complexity index is 2310. The number of carbonyl (C=O) groups is 1. The number of anilines is 2. The number of amides is 1. The van der Waals surface area contributed by atoms with E-state index in [0.717, 1.165) is 54.1 Å². The lowest BCUT2D eigenvalue weighted by Gasteiger charge is -2.32. The van der Waals surface area contributed by atoms with Crippen molar-refractivity contribution < 1.29 is 39.5 Å². The maximum absolute atomic E-state index is 14.0. The van der Waals surface area contributed by atoms with Gasteiger partial charge < -0.3 is 25.6 Å². The quantitative estimate of drug-likeness (QED) is 0.0556. The Hall–Kier alpha value is -4.10. The molecule has 59 heavy (non-hydrogen) atoms. The molecule has 0 spiro atoms. The van der Waals surface area contributed by atoms with E-state index in [0.29, 0.717) is 68.3 Å². The van der Waals surface area contributed by atoms with Gasteiger partial charge in [-0.15, -0.1) is 11.8 Å². The average Bonchev–Trinajstić information content (AvgIpc) is 3.19. The first-order valence-corrected chi connectivity index (χ1v) is 23.3. The second kappa shape index (κ2) is 20.0. The molecule has 1 fully saturated rings. The zero-order chi connectivity index (χ0) is 42.0. The second-order valence-corrected chi connectivity index (χ2v) is 19.2. The molecule has 1 amide bonds. The molecule has 4 N–H and O–H groups in total. The van der Waals surface area contributed by atoms with Crippen molar-refractivity contribution in [2.75, 3.05) is 68.9 Å². The molecular weight excluding hydrogens is 847 g/mol. The third-order valence-corrected chi connectivity index (χ3v) is 14.2. The SMILES string of the molecule is O=C(NS(=O)(=O)c1ccc(N[C@H](CCN2CCC2)CSc2ccccc2)c(S(=O)(=O)C(F)(F)F)c1)c1ccc(NCCNCC2=C(c3ccc(Cl)cc3)CCOC2)cc1. The van der Waals surface area contributed by atoms with Gasteiger partial charge in [0.2, 0.25) is 0 Å². The summed E-state index contributed by atoms with van der Waals surface area (Å²) in [6.07, 6.45) is 2.34. The number of benzene rings is 4. The van der Waals surface area contributed by atoms with Gasteiger partial charge >= 0.3 is 5.51 Å². The number of ether oxygens (including phenoxy) is 1. The highest BCUT2D eigenvalue weighted by Gasteiger charge is 2.48. The maximum atomic E-state index is 14.0. The summed E-state index contributed by atoms with van der Waals surface area (Å²) in [7, 11) is -10.8. The number of sulfone groups is 1. The van der Waals surface area contributed by atoms with E-state index in [1.807, 2.05) is 59.3 Å². The number of nitrogens with zero attached hydrogens (tertiary/aromatic N) is 1. The van der Waals surface area contributed by atoms with Crippen LogP contribution in [0.2, 0.25) is 5.02 Å². The van der Waals surface area contributed by atoms with Crippen molar-refractivity contribution >= 4 is 66.1 Å². The van der Waals surface area contributed by atoms with E-state index < -0.39 is 52.8 Å². The topological polar surface area (TPSA) is 146 Å². The third kappa shape index (κ3) is 12.0. The fourth-order valence-corrected chi connectivity index (χ4v) is 9.66. The lowest BCUT2D eigenvalue weighted by molar-refractivity contribution is -0.0435. The van der Waals surface area contributed by atoms with E-state index in [2.05, 4.69) is 20.9 Å². The molecule has 0 bridgehead atoms. The number of likely N-dealkylation sites (tertiary alicyclic amines) is 1. The highest BCUT2D eigenvalue weighted by atomic mass is 35.5. The van der Waals surface area contributed by atoms with E-state index >= 15 is 0 Å². The van der Waals surface area contributed by atoms with Gasteiger partial charge in [0.25, 0.3) is 25.8 Å². The number of nitrogens with one attached hydrogen (secondary N) is 4. The molecule has 1 atom stereocenters. The summed E-state index contributed by atoms with van der Waals surface area (Å²) in [5, 5.41) is 10.3. The first-order valence-electron chi connectivity index (χ1n) is 19.0. The third-order valence-electron chi connectivity index (χ3n) is 9.89. The fourth-order valence-electron chi connectivity index (χ4n) is 6.52. The summed E-state index contributed by atoms with van der Waals surface area (Å²) < 4.78 is 102. The van der Waals surface area contributed by atoms with E-state index in [-0.39, 0.29) is 5.56 Å². The zero-order valence-electron chi connectivity index (χ0n) is 31.9. The second-order valence-electron chi connectivity index (χ2n) is 14.1. The van der Waals surface area contributed by atoms with Crippen molar-refractivity contribution in [1.82, 2.24) is 14.9 Å². The van der Waals surface area contributed by atoms with Crippen LogP contribution in [0.25, 0.3) is 5.57 Å². The predicted octanol–water partition coefficient (Wildman–Crippen LogP) is 7.30. The standard InChI is InChI=1S/C41H45ClF3N5O6S3/c42-32-11-7-29(8-12-32)37-18-24-56-27-31(37)26-46-19-20-47-33-13-9-30(10-14-33)40(51)49-59(54,55)36-15-16-38(39(25-36)58(52,53)41(43,44)45)48-34(17-23-50-21-4-22-50)28-57-35-5-2-1-3-6-35/h1-3,5-16,25,34,46-48H,4,17-24,26-28H2,(H,49,51)/t34-/m1/s1. The van der Waals surface area contributed by atoms with Crippen molar-refractivity contribution in [2.24, 2.45) is 0 Å². The van der Waals surface area contributed by atoms with Crippen LogP contribution < -0.4 is 20.7 Å². The predicted molar refractivity (Wildman–Crippen MR) is 226 cm³/mol. The first-order chi connectivity index (χ1) is 28.2. The Labute approximate surface area is 352 Å². The van der Waals surface area contributed by atoms with Crippen LogP contribution in [0.4, 0.5) is 24.5 Å². The Balaban J connectivity index is 1.08. The number of thioether (sulfide) groups is 1. The number of sulfonamides is 1. The van der Waals surface area contributed by atoms with Gasteiger partial charge in [-0.25, -0.2) is 21.6 Å². The van der Waals surface area contributed by atoms with Crippen molar-refractivity contribution in [1.29, 1.82) is 0 Å². The minimum absolute atomic E-state index is 0.0430. The molecule has 0 unspecified atom stereocenters. The number of alkyl halides is 3. The van der Waals surface area contributed by atoms with Crippen LogP contribution in [0.1, 0.15) is 35.2 Å². The fraction of sp³-hybridized carbons (Fsp3) is 0.341. The molecule has 0 aliphatic carbocycles. The van der Waals surface area contributed by atoms with Gasteiger partial charge in [0.15, 0.2) is 0 Å². The summed E-state index contributed by atoms with van der Waals surface area (Å²) in [6, 6.07) is 25.0. The van der Waals surface area contributed by atoms with Gasteiger partial charge in [-0.2, -0.15) is 13.2 Å². The summed E-state index contributed by atoms with van der Waals surface area (Å²) in [5.74, 6) is -0.657. The molecule has 1 saturated heterocycles. The first kappa shape index (κ1) is 44.5. The van der Waals surface area contributed by atoms with Gasteiger partial charge in [-0.05, 0) is 116 Å². The molecule has 4 aromatic rings. The van der Waals surface area contributed by atoms with Crippen molar-refractivity contribution in [2.45, 2.75) is 45.5 Å². The van der Waals surface area contributed by atoms with Gasteiger partial charge in [-0.1, -0.05) is 41.9 Å². The lowest BCUT2D eigenvalue weighted by atomic mass is 9.96. The summed E-state index contributed by atoms with van der Waals surface area (Å²) in [6.45, 7) is 5.37. The number of halogens is 4. The molecule has 2 heterocycles. The molecule has 4 aromatic carbocycles. The average molecular weight is 892 g/mol. The molecule has 0 aromatic heterocycles. The van der Waals surface area contributed by atoms with Crippen LogP contribution >= 0.6 is 23.4 Å². The molecule has 18 heteroatoms. The van der Waals surface area contributed by atoms with E-state index in [1.54, 1.807) is 12.1 Å². The minimum atomic E-state index is -6.03. The highest BCUT2D eigenvalue weighted by Crippen LogP contribution is 2.37. The monoisotopic (exact) mass is 891 g/mol. The normalized spacial score (nSPS) is 15.7. The smallest absolute Gasteiger partial charge is 0.384 e. The van der Waals surface area contributed by atoms with Crippen LogP contribution in [0.5, 0.6) is 0 Å². The lowest BCUT2D eigenvalue weighted by Crippen LogP contribution is -2.40. The number of hydrogen-bond donors (Lipinski definition) is 4. The van der Waals surface area contributed by atoms with E-state index in [1.165, 1.54) is 29.5 Å². The highest BCUT2D eigenvalue weighted by molar-refractivity contribution is 7.99. The van der Waals surface area contributed by atoms with Gasteiger partial charge in [0, 0.05) is 59.1 Å².